The van der Waals surface area contributed by atoms with Crippen LogP contribution in [-0.2, 0) is 10.0 Å². The minimum absolute atomic E-state index is 0.135. The van der Waals surface area contributed by atoms with Gasteiger partial charge in [-0.05, 0) is 31.0 Å². The first kappa shape index (κ1) is 19.0. The molecule has 0 aliphatic rings. The lowest BCUT2D eigenvalue weighted by Crippen LogP contribution is -2.32. The third-order valence-corrected chi connectivity index (χ3v) is 5.37. The lowest BCUT2D eigenvalue weighted by molar-refractivity contribution is 0.0936. The topological polar surface area (TPSA) is 66.5 Å². The normalized spacial score (nSPS) is 12.5. The summed E-state index contributed by atoms with van der Waals surface area (Å²) in [4.78, 5) is 12.8. The molecule has 0 saturated heterocycles. The molecule has 5 nitrogen and oxygen atoms in total. The number of sulfonamides is 1. The number of para-hydroxylation sites is 1. The van der Waals surface area contributed by atoms with E-state index in [4.69, 9.17) is 0 Å². The smallest absolute Gasteiger partial charge is 0.253 e. The molecule has 0 bridgehead atoms. The van der Waals surface area contributed by atoms with Crippen molar-refractivity contribution in [2.75, 3.05) is 17.6 Å². The predicted octanol–water partition coefficient (Wildman–Crippen LogP) is 3.27. The number of hydrogen-bond donors (Lipinski definition) is 1. The Labute approximate surface area is 149 Å². The van der Waals surface area contributed by atoms with Crippen LogP contribution < -0.4 is 9.62 Å². The number of anilines is 1. The second kappa shape index (κ2) is 7.70. The van der Waals surface area contributed by atoms with Crippen LogP contribution in [0.15, 0.2) is 48.5 Å². The van der Waals surface area contributed by atoms with Crippen LogP contribution >= 0.6 is 0 Å². The van der Waals surface area contributed by atoms with Gasteiger partial charge in [-0.25, -0.2) is 8.42 Å². The highest BCUT2D eigenvalue weighted by atomic mass is 32.2. The molecular formula is C19H24N2O3S. The fourth-order valence-electron chi connectivity index (χ4n) is 2.57. The zero-order chi connectivity index (χ0) is 18.6. The van der Waals surface area contributed by atoms with Gasteiger partial charge in [-0.1, -0.05) is 48.9 Å². The predicted molar refractivity (Wildman–Crippen MR) is 101 cm³/mol. The lowest BCUT2D eigenvalue weighted by atomic mass is 10.0. The van der Waals surface area contributed by atoms with Gasteiger partial charge in [0.25, 0.3) is 5.91 Å². The molecule has 2 aromatic carbocycles. The van der Waals surface area contributed by atoms with Crippen LogP contribution in [0.2, 0.25) is 0 Å². The lowest BCUT2D eigenvalue weighted by Gasteiger charge is -2.22. The number of nitrogens with one attached hydrogen (secondary N) is 1. The van der Waals surface area contributed by atoms with Crippen molar-refractivity contribution in [3.05, 3.63) is 65.2 Å². The number of rotatable bonds is 6. The maximum absolute atomic E-state index is 12.8. The minimum Gasteiger partial charge on any atom is -0.345 e. The van der Waals surface area contributed by atoms with E-state index in [1.807, 2.05) is 38.1 Å². The molecule has 0 saturated carbocycles. The molecule has 0 spiro atoms. The molecule has 25 heavy (non-hydrogen) atoms. The van der Waals surface area contributed by atoms with Crippen molar-refractivity contribution in [2.45, 2.75) is 26.3 Å². The summed E-state index contributed by atoms with van der Waals surface area (Å²) in [5.41, 5.74) is 2.88. The zero-order valence-corrected chi connectivity index (χ0v) is 15.8. The van der Waals surface area contributed by atoms with Gasteiger partial charge >= 0.3 is 0 Å². The van der Waals surface area contributed by atoms with Crippen LogP contribution in [0.3, 0.4) is 0 Å². The largest absolute Gasteiger partial charge is 0.345 e. The first-order chi connectivity index (χ1) is 11.7. The van der Waals surface area contributed by atoms with E-state index < -0.39 is 10.0 Å². The third-order valence-electron chi connectivity index (χ3n) is 4.18. The molecule has 6 heteroatoms. The molecule has 134 valence electrons. The van der Waals surface area contributed by atoms with Crippen LogP contribution in [0.5, 0.6) is 0 Å². The number of amides is 1. The van der Waals surface area contributed by atoms with E-state index in [1.165, 1.54) is 7.05 Å². The monoisotopic (exact) mass is 360 g/mol. The zero-order valence-electron chi connectivity index (χ0n) is 15.0. The molecule has 0 aliphatic carbocycles. The van der Waals surface area contributed by atoms with Crippen LogP contribution in [0.4, 0.5) is 5.69 Å². The molecule has 0 fully saturated rings. The Hall–Kier alpha value is -2.34. The van der Waals surface area contributed by atoms with E-state index in [0.29, 0.717) is 11.3 Å². The van der Waals surface area contributed by atoms with Crippen molar-refractivity contribution in [3.8, 4) is 0 Å². The molecule has 1 N–H and O–H groups in total. The van der Waals surface area contributed by atoms with Gasteiger partial charge in [0, 0.05) is 7.05 Å². The molecule has 2 rings (SSSR count). The highest BCUT2D eigenvalue weighted by Crippen LogP contribution is 2.23. The molecule has 1 atom stereocenters. The Kier molecular flexibility index (Phi) is 5.85. The summed E-state index contributed by atoms with van der Waals surface area (Å²) < 4.78 is 24.8. The Balaban J connectivity index is 2.30. The van der Waals surface area contributed by atoms with Gasteiger partial charge < -0.3 is 5.32 Å². The molecule has 0 heterocycles. The summed E-state index contributed by atoms with van der Waals surface area (Å²) in [6, 6.07) is 14.6. The SMILES string of the molecule is CC[C@@H](NC(=O)c1ccccc1N(C)S(C)(=O)=O)c1ccc(C)cc1. The quantitative estimate of drug-likeness (QED) is 0.860. The fraction of sp³-hybridized carbons (Fsp3) is 0.316. The highest BCUT2D eigenvalue weighted by Gasteiger charge is 2.21. The van der Waals surface area contributed by atoms with Crippen molar-refractivity contribution in [1.82, 2.24) is 5.32 Å². The van der Waals surface area contributed by atoms with E-state index in [0.717, 1.165) is 28.1 Å². The van der Waals surface area contributed by atoms with Crippen molar-refractivity contribution >= 4 is 21.6 Å². The van der Waals surface area contributed by atoms with E-state index in [1.54, 1.807) is 24.3 Å². The van der Waals surface area contributed by atoms with Crippen LogP contribution in [0.1, 0.15) is 40.9 Å². The summed E-state index contributed by atoms with van der Waals surface area (Å²) in [5.74, 6) is -0.293. The highest BCUT2D eigenvalue weighted by molar-refractivity contribution is 7.92. The number of nitrogens with zero attached hydrogens (tertiary/aromatic N) is 1. The van der Waals surface area contributed by atoms with Gasteiger partial charge in [0.15, 0.2) is 0 Å². The maximum atomic E-state index is 12.8. The first-order valence-electron chi connectivity index (χ1n) is 8.14. The Morgan fingerprint density at radius 3 is 2.28 bits per heavy atom. The van der Waals surface area contributed by atoms with Gasteiger partial charge in [0.2, 0.25) is 10.0 Å². The minimum atomic E-state index is -3.45. The summed E-state index contributed by atoms with van der Waals surface area (Å²) in [6.45, 7) is 4.01. The van der Waals surface area contributed by atoms with Crippen LogP contribution in [0, 0.1) is 6.92 Å². The summed E-state index contributed by atoms with van der Waals surface area (Å²) in [7, 11) is -2.01. The number of hydrogen-bond acceptors (Lipinski definition) is 3. The van der Waals surface area contributed by atoms with Crippen molar-refractivity contribution in [3.63, 3.8) is 0 Å². The molecule has 0 radical (unpaired) electrons. The Morgan fingerprint density at radius 2 is 1.72 bits per heavy atom. The van der Waals surface area contributed by atoms with Crippen LogP contribution in [-0.4, -0.2) is 27.6 Å². The number of carbonyl (C=O) groups excluding carboxylic acids is 1. The van der Waals surface area contributed by atoms with Gasteiger partial charge in [0.05, 0.1) is 23.5 Å². The Morgan fingerprint density at radius 1 is 1.12 bits per heavy atom. The number of aryl methyl sites for hydroxylation is 1. The summed E-state index contributed by atoms with van der Waals surface area (Å²) >= 11 is 0. The maximum Gasteiger partial charge on any atom is 0.253 e. The number of carbonyl (C=O) groups is 1. The average molecular weight is 360 g/mol. The molecule has 0 aliphatic heterocycles. The number of benzene rings is 2. The molecule has 1 amide bonds. The van der Waals surface area contributed by atoms with Gasteiger partial charge in [-0.3, -0.25) is 9.10 Å². The average Bonchev–Trinajstić information content (AvgIpc) is 2.59. The molecule has 2 aromatic rings. The molecule has 0 aromatic heterocycles. The van der Waals surface area contributed by atoms with E-state index in [2.05, 4.69) is 5.32 Å². The first-order valence-corrected chi connectivity index (χ1v) is 9.99. The second-order valence-electron chi connectivity index (χ2n) is 6.09. The van der Waals surface area contributed by atoms with E-state index in [-0.39, 0.29) is 11.9 Å². The van der Waals surface area contributed by atoms with E-state index >= 15 is 0 Å². The second-order valence-corrected chi connectivity index (χ2v) is 8.11. The van der Waals surface area contributed by atoms with Crippen molar-refractivity contribution in [1.29, 1.82) is 0 Å². The van der Waals surface area contributed by atoms with Crippen molar-refractivity contribution in [2.24, 2.45) is 0 Å². The molecular weight excluding hydrogens is 336 g/mol. The standard InChI is InChI=1S/C19H24N2O3S/c1-5-17(15-12-10-14(2)11-13-15)20-19(22)16-8-6-7-9-18(16)21(3)25(4,23)24/h6-13,17H,5H2,1-4H3,(H,20,22)/t17-/m1/s1. The summed E-state index contributed by atoms with van der Waals surface area (Å²) in [6.07, 6.45) is 1.85. The van der Waals surface area contributed by atoms with E-state index in [9.17, 15) is 13.2 Å². The van der Waals surface area contributed by atoms with Gasteiger partial charge in [-0.15, -0.1) is 0 Å². The molecule has 0 unspecified atom stereocenters. The van der Waals surface area contributed by atoms with Gasteiger partial charge in [-0.2, -0.15) is 0 Å². The van der Waals surface area contributed by atoms with Gasteiger partial charge in [0.1, 0.15) is 0 Å². The third kappa shape index (κ3) is 4.60. The van der Waals surface area contributed by atoms with Crippen molar-refractivity contribution < 1.29 is 13.2 Å². The van der Waals surface area contributed by atoms with Crippen LogP contribution in [0.25, 0.3) is 0 Å². The fourth-order valence-corrected chi connectivity index (χ4v) is 3.09. The summed E-state index contributed by atoms with van der Waals surface area (Å²) in [5, 5.41) is 3.01. The Bertz CT molecular complexity index is 845.